The summed E-state index contributed by atoms with van der Waals surface area (Å²) in [6, 6.07) is 14.8. The number of aromatic nitrogens is 1. The first kappa shape index (κ1) is 21.5. The third-order valence-electron chi connectivity index (χ3n) is 5.01. The molecule has 4 nitrogen and oxygen atoms in total. The Labute approximate surface area is 190 Å². The number of fused-ring (bicyclic) bond motifs is 1. The van der Waals surface area contributed by atoms with Gasteiger partial charge < -0.3 is 14.6 Å². The second-order valence-corrected chi connectivity index (χ2v) is 9.43. The van der Waals surface area contributed by atoms with Crippen LogP contribution in [0.3, 0.4) is 0 Å². The molecule has 1 N–H and O–H groups in total. The zero-order chi connectivity index (χ0) is 22.0. The maximum atomic E-state index is 14.3. The van der Waals surface area contributed by atoms with E-state index in [1.165, 1.54) is 23.5 Å². The molecule has 8 heteroatoms. The fourth-order valence-electron chi connectivity index (χ4n) is 3.50. The summed E-state index contributed by atoms with van der Waals surface area (Å²) in [4.78, 5) is 13.0. The zero-order valence-electron chi connectivity index (χ0n) is 16.6. The van der Waals surface area contributed by atoms with E-state index in [9.17, 15) is 13.6 Å². The van der Waals surface area contributed by atoms with Crippen molar-refractivity contribution in [2.75, 3.05) is 13.7 Å². The smallest absolute Gasteiger partial charge is 0.267 e. The molecule has 160 valence electrons. The number of nitrogens with zero attached hydrogens (tertiary/aromatic N) is 1. The van der Waals surface area contributed by atoms with Gasteiger partial charge in [0.05, 0.1) is 27.7 Å². The van der Waals surface area contributed by atoms with E-state index in [0.717, 1.165) is 31.4 Å². The highest BCUT2D eigenvalue weighted by Crippen LogP contribution is 2.33. The molecule has 0 saturated heterocycles. The molecule has 0 fully saturated rings. The lowest BCUT2D eigenvalue weighted by Crippen LogP contribution is -2.28. The molecule has 0 bridgehead atoms. The van der Waals surface area contributed by atoms with Crippen molar-refractivity contribution in [3.05, 3.63) is 86.8 Å². The molecule has 2 heterocycles. The SMILES string of the molecule is COc1ccccc1CCNC(=O)c1cc2sc(Br)cc2n1Cc1ccc(F)cc1F. The third kappa shape index (κ3) is 4.65. The summed E-state index contributed by atoms with van der Waals surface area (Å²) in [7, 11) is 1.61. The van der Waals surface area contributed by atoms with Crippen LogP contribution in [0.25, 0.3) is 10.2 Å². The molecule has 0 atom stereocenters. The number of hydrogen-bond acceptors (Lipinski definition) is 3. The Morgan fingerprint density at radius 1 is 1.13 bits per heavy atom. The van der Waals surface area contributed by atoms with E-state index in [-0.39, 0.29) is 12.5 Å². The van der Waals surface area contributed by atoms with Crippen LogP contribution in [-0.2, 0) is 13.0 Å². The molecule has 0 radical (unpaired) electrons. The van der Waals surface area contributed by atoms with Crippen LogP contribution in [0.4, 0.5) is 8.78 Å². The number of carbonyl (C=O) groups excluding carboxylic acids is 1. The molecule has 2 aromatic heterocycles. The van der Waals surface area contributed by atoms with E-state index in [1.807, 2.05) is 30.3 Å². The molecule has 1 amide bonds. The van der Waals surface area contributed by atoms with Crippen LogP contribution < -0.4 is 10.1 Å². The highest BCUT2D eigenvalue weighted by atomic mass is 79.9. The van der Waals surface area contributed by atoms with Crippen LogP contribution in [0, 0.1) is 11.6 Å². The average Bonchev–Trinajstić information content (AvgIpc) is 3.27. The van der Waals surface area contributed by atoms with E-state index in [1.54, 1.807) is 17.7 Å². The monoisotopic (exact) mass is 504 g/mol. The van der Waals surface area contributed by atoms with Crippen molar-refractivity contribution in [3.8, 4) is 5.75 Å². The lowest BCUT2D eigenvalue weighted by atomic mass is 10.1. The molecule has 2 aromatic carbocycles. The van der Waals surface area contributed by atoms with Crippen LogP contribution in [0.1, 0.15) is 21.6 Å². The summed E-state index contributed by atoms with van der Waals surface area (Å²) in [5.41, 5.74) is 2.55. The average molecular weight is 505 g/mol. The first-order valence-electron chi connectivity index (χ1n) is 9.59. The van der Waals surface area contributed by atoms with Gasteiger partial charge in [0.15, 0.2) is 0 Å². The first-order chi connectivity index (χ1) is 15.0. The van der Waals surface area contributed by atoms with Gasteiger partial charge in [0.25, 0.3) is 5.91 Å². The van der Waals surface area contributed by atoms with Crippen molar-refractivity contribution in [1.29, 1.82) is 0 Å². The molecule has 0 unspecified atom stereocenters. The van der Waals surface area contributed by atoms with Gasteiger partial charge in [-0.05, 0) is 52.2 Å². The fourth-order valence-corrected chi connectivity index (χ4v) is 5.07. The van der Waals surface area contributed by atoms with Crippen LogP contribution in [-0.4, -0.2) is 24.1 Å². The van der Waals surface area contributed by atoms with Gasteiger partial charge in [0.1, 0.15) is 23.1 Å². The molecule has 4 rings (SSSR count). The third-order valence-corrected chi connectivity index (χ3v) is 6.58. The number of amides is 1. The van der Waals surface area contributed by atoms with Gasteiger partial charge in [-0.1, -0.05) is 24.3 Å². The summed E-state index contributed by atoms with van der Waals surface area (Å²) >= 11 is 4.95. The molecule has 0 saturated carbocycles. The van der Waals surface area contributed by atoms with Gasteiger partial charge in [0, 0.05) is 18.2 Å². The number of rotatable bonds is 7. The number of ether oxygens (including phenoxy) is 1. The molecular formula is C23H19BrF2N2O2S. The number of carbonyl (C=O) groups is 1. The Balaban J connectivity index is 1.57. The van der Waals surface area contributed by atoms with Gasteiger partial charge >= 0.3 is 0 Å². The fraction of sp³-hybridized carbons (Fsp3) is 0.174. The minimum absolute atomic E-state index is 0.119. The molecule has 0 aliphatic heterocycles. The number of halogens is 3. The maximum Gasteiger partial charge on any atom is 0.267 e. The Morgan fingerprint density at radius 2 is 1.94 bits per heavy atom. The highest BCUT2D eigenvalue weighted by Gasteiger charge is 2.19. The van der Waals surface area contributed by atoms with Crippen LogP contribution in [0.5, 0.6) is 5.75 Å². The summed E-state index contributed by atoms with van der Waals surface area (Å²) in [6.07, 6.45) is 0.614. The van der Waals surface area contributed by atoms with Crippen molar-refractivity contribution in [2.24, 2.45) is 0 Å². The number of thiophene rings is 1. The first-order valence-corrected chi connectivity index (χ1v) is 11.2. The van der Waals surface area contributed by atoms with E-state index in [4.69, 9.17) is 4.74 Å². The highest BCUT2D eigenvalue weighted by molar-refractivity contribution is 9.11. The van der Waals surface area contributed by atoms with Crippen molar-refractivity contribution < 1.29 is 18.3 Å². The molecule has 31 heavy (non-hydrogen) atoms. The van der Waals surface area contributed by atoms with E-state index in [2.05, 4.69) is 21.2 Å². The van der Waals surface area contributed by atoms with E-state index < -0.39 is 11.6 Å². The summed E-state index contributed by atoms with van der Waals surface area (Å²) in [5, 5.41) is 2.94. The molecule has 0 aliphatic rings. The zero-order valence-corrected chi connectivity index (χ0v) is 19.0. The summed E-state index contributed by atoms with van der Waals surface area (Å²) < 4.78 is 36.5. The van der Waals surface area contributed by atoms with Crippen LogP contribution >= 0.6 is 27.3 Å². The number of hydrogen-bond donors (Lipinski definition) is 1. The van der Waals surface area contributed by atoms with Crippen LogP contribution in [0.2, 0.25) is 0 Å². The number of methoxy groups -OCH3 is 1. The second-order valence-electron chi connectivity index (χ2n) is 6.97. The standard InChI is InChI=1S/C23H19BrF2N2O2S/c1-30-20-5-3-2-4-14(20)8-9-27-23(29)19-11-21-18(12-22(24)31-21)28(19)13-15-6-7-16(25)10-17(15)26/h2-7,10-12H,8-9,13H2,1H3,(H,27,29). The minimum Gasteiger partial charge on any atom is -0.496 e. The van der Waals surface area contributed by atoms with E-state index >= 15 is 0 Å². The second kappa shape index (κ2) is 9.20. The van der Waals surface area contributed by atoms with Crippen LogP contribution in [0.15, 0.2) is 58.4 Å². The van der Waals surface area contributed by atoms with Gasteiger partial charge in [-0.3, -0.25) is 4.79 Å². The molecule has 4 aromatic rings. The molecular weight excluding hydrogens is 486 g/mol. The Kier molecular flexibility index (Phi) is 6.38. The van der Waals surface area contributed by atoms with Crippen molar-refractivity contribution in [2.45, 2.75) is 13.0 Å². The number of nitrogens with one attached hydrogen (secondary N) is 1. The van der Waals surface area contributed by atoms with Gasteiger partial charge in [0.2, 0.25) is 0 Å². The largest absolute Gasteiger partial charge is 0.496 e. The topological polar surface area (TPSA) is 43.3 Å². The Bertz CT molecular complexity index is 1250. The van der Waals surface area contributed by atoms with Gasteiger partial charge in [-0.25, -0.2) is 8.78 Å². The van der Waals surface area contributed by atoms with Crippen molar-refractivity contribution in [3.63, 3.8) is 0 Å². The molecule has 0 spiro atoms. The van der Waals surface area contributed by atoms with Crippen molar-refractivity contribution >= 4 is 43.4 Å². The quantitative estimate of drug-likeness (QED) is 0.347. The number of para-hydroxylation sites is 1. The Morgan fingerprint density at radius 3 is 2.71 bits per heavy atom. The summed E-state index contributed by atoms with van der Waals surface area (Å²) in [5.74, 6) is -0.751. The molecule has 0 aliphatic carbocycles. The van der Waals surface area contributed by atoms with Gasteiger partial charge in [-0.2, -0.15) is 0 Å². The number of benzene rings is 2. The maximum absolute atomic E-state index is 14.3. The van der Waals surface area contributed by atoms with Crippen molar-refractivity contribution in [1.82, 2.24) is 9.88 Å². The van der Waals surface area contributed by atoms with Gasteiger partial charge in [-0.15, -0.1) is 11.3 Å². The lowest BCUT2D eigenvalue weighted by Gasteiger charge is -2.12. The Hall–Kier alpha value is -2.71. The van der Waals surface area contributed by atoms with E-state index in [0.29, 0.717) is 24.2 Å². The normalized spacial score (nSPS) is 11.1. The predicted octanol–water partition coefficient (Wildman–Crippen LogP) is 5.77. The minimum atomic E-state index is -0.640. The lowest BCUT2D eigenvalue weighted by molar-refractivity contribution is 0.0945. The predicted molar refractivity (Wildman–Crippen MR) is 122 cm³/mol. The summed E-state index contributed by atoms with van der Waals surface area (Å²) in [6.45, 7) is 0.542.